The average molecular weight is 516 g/mol. The fourth-order valence-electron chi connectivity index (χ4n) is 3.62. The molecule has 0 fully saturated rings. The monoisotopic (exact) mass is 515 g/mol. The summed E-state index contributed by atoms with van der Waals surface area (Å²) in [5, 5.41) is 6.47. The molecule has 0 spiro atoms. The summed E-state index contributed by atoms with van der Waals surface area (Å²) in [6.07, 6.45) is -4.02. The Morgan fingerprint density at radius 1 is 1.00 bits per heavy atom. The predicted octanol–water partition coefficient (Wildman–Crippen LogP) is 6.99. The zero-order chi connectivity index (χ0) is 24.7. The van der Waals surface area contributed by atoms with Crippen LogP contribution in [0.15, 0.2) is 72.9 Å². The maximum atomic E-state index is 13.9. The van der Waals surface area contributed by atoms with Crippen molar-refractivity contribution >= 4 is 45.8 Å². The molecule has 0 aliphatic rings. The van der Waals surface area contributed by atoms with Crippen LogP contribution in [-0.4, -0.2) is 25.7 Å². The number of hydrogen-bond acceptors (Lipinski definition) is 3. The molecule has 0 radical (unpaired) electrons. The van der Waals surface area contributed by atoms with Gasteiger partial charge in [-0.3, -0.25) is 4.79 Å². The molecule has 2 N–H and O–H groups in total. The number of nitrogens with one attached hydrogen (secondary N) is 2. The summed E-state index contributed by atoms with van der Waals surface area (Å²) in [5.41, 5.74) is 0.774. The molecule has 1 amide bonds. The number of halogens is 5. The van der Waals surface area contributed by atoms with Crippen LogP contribution < -0.4 is 5.32 Å². The van der Waals surface area contributed by atoms with E-state index in [-0.39, 0.29) is 15.7 Å². The van der Waals surface area contributed by atoms with Crippen molar-refractivity contribution in [2.24, 2.45) is 0 Å². The Labute approximate surface area is 206 Å². The van der Waals surface area contributed by atoms with Gasteiger partial charge in [0.1, 0.15) is 5.82 Å². The molecule has 6 nitrogen and oxygen atoms in total. The molecule has 0 saturated heterocycles. The first-order chi connectivity index (χ1) is 16.7. The van der Waals surface area contributed by atoms with Gasteiger partial charge < -0.3 is 10.3 Å². The van der Waals surface area contributed by atoms with Crippen LogP contribution >= 0.6 is 23.2 Å². The summed E-state index contributed by atoms with van der Waals surface area (Å²) in [7, 11) is 0. The van der Waals surface area contributed by atoms with Crippen LogP contribution in [0.3, 0.4) is 0 Å². The maximum absolute atomic E-state index is 13.9. The minimum absolute atomic E-state index is 0.0424. The first-order valence-electron chi connectivity index (χ1n) is 10.2. The quantitative estimate of drug-likeness (QED) is 0.270. The van der Waals surface area contributed by atoms with Crippen molar-refractivity contribution in [2.45, 2.75) is 6.18 Å². The fraction of sp³-hybridized carbons (Fsp3) is 0.0417. The first-order valence-corrected chi connectivity index (χ1v) is 10.9. The summed E-state index contributed by atoms with van der Waals surface area (Å²) >= 11 is 11.9. The van der Waals surface area contributed by atoms with Crippen LogP contribution in [0.5, 0.6) is 0 Å². The highest BCUT2D eigenvalue weighted by Crippen LogP contribution is 2.36. The van der Waals surface area contributed by atoms with E-state index in [0.717, 1.165) is 22.8 Å². The van der Waals surface area contributed by atoms with E-state index < -0.39 is 23.3 Å². The van der Waals surface area contributed by atoms with Gasteiger partial charge in [0, 0.05) is 16.3 Å². The second-order valence-electron chi connectivity index (χ2n) is 7.55. The highest BCUT2D eigenvalue weighted by Gasteiger charge is 2.41. The SMILES string of the molecule is O=C(Nc1ccc(-c2nc3ccccc3[nH]2)cc1)c1cnn(-c2ccc(Cl)cc2Cl)c1C(F)(F)F. The number of aromatic amines is 1. The van der Waals surface area contributed by atoms with E-state index in [1.165, 1.54) is 18.2 Å². The van der Waals surface area contributed by atoms with Gasteiger partial charge in [-0.2, -0.15) is 18.3 Å². The van der Waals surface area contributed by atoms with E-state index in [2.05, 4.69) is 20.4 Å². The van der Waals surface area contributed by atoms with Crippen molar-refractivity contribution in [1.29, 1.82) is 0 Å². The minimum Gasteiger partial charge on any atom is -0.338 e. The zero-order valence-corrected chi connectivity index (χ0v) is 19.1. The Morgan fingerprint density at radius 3 is 2.43 bits per heavy atom. The van der Waals surface area contributed by atoms with E-state index in [1.54, 1.807) is 24.3 Å². The molecular weight excluding hydrogens is 502 g/mol. The summed E-state index contributed by atoms with van der Waals surface area (Å²) in [4.78, 5) is 20.5. The topological polar surface area (TPSA) is 75.6 Å². The molecule has 35 heavy (non-hydrogen) atoms. The lowest BCUT2D eigenvalue weighted by Gasteiger charge is -2.14. The van der Waals surface area contributed by atoms with Gasteiger partial charge >= 0.3 is 6.18 Å². The number of amides is 1. The predicted molar refractivity (Wildman–Crippen MR) is 128 cm³/mol. The van der Waals surface area contributed by atoms with Gasteiger partial charge in [-0.1, -0.05) is 35.3 Å². The highest BCUT2D eigenvalue weighted by molar-refractivity contribution is 6.35. The maximum Gasteiger partial charge on any atom is 0.434 e. The van der Waals surface area contributed by atoms with E-state index in [4.69, 9.17) is 23.2 Å². The second-order valence-corrected chi connectivity index (χ2v) is 8.39. The number of aromatic nitrogens is 4. The smallest absolute Gasteiger partial charge is 0.338 e. The van der Waals surface area contributed by atoms with Crippen molar-refractivity contribution in [3.8, 4) is 17.1 Å². The van der Waals surface area contributed by atoms with Gasteiger partial charge in [-0.15, -0.1) is 0 Å². The van der Waals surface area contributed by atoms with Gasteiger partial charge in [-0.05, 0) is 54.6 Å². The molecule has 2 aromatic heterocycles. The summed E-state index contributed by atoms with van der Waals surface area (Å²) in [5.74, 6) is -0.338. The molecule has 0 aliphatic heterocycles. The average Bonchev–Trinajstić information content (AvgIpc) is 3.44. The number of hydrogen-bond donors (Lipinski definition) is 2. The largest absolute Gasteiger partial charge is 0.434 e. The van der Waals surface area contributed by atoms with Crippen LogP contribution in [-0.2, 0) is 6.18 Å². The lowest BCUT2D eigenvalue weighted by atomic mass is 10.1. The van der Waals surface area contributed by atoms with E-state index in [9.17, 15) is 18.0 Å². The Hall–Kier alpha value is -3.82. The van der Waals surface area contributed by atoms with Crippen molar-refractivity contribution in [2.75, 3.05) is 5.32 Å². The highest BCUT2D eigenvalue weighted by atomic mass is 35.5. The number of benzene rings is 3. The number of anilines is 1. The summed E-state index contributed by atoms with van der Waals surface area (Å²) < 4.78 is 42.4. The number of imidazole rings is 1. The molecule has 2 heterocycles. The normalized spacial score (nSPS) is 11.7. The van der Waals surface area contributed by atoms with Crippen LogP contribution in [0.1, 0.15) is 16.1 Å². The number of para-hydroxylation sites is 2. The Kier molecular flexibility index (Phi) is 5.74. The van der Waals surface area contributed by atoms with Gasteiger partial charge in [0.25, 0.3) is 5.91 Å². The number of H-pyrrole nitrogens is 1. The van der Waals surface area contributed by atoms with Gasteiger partial charge in [0.2, 0.25) is 0 Å². The Morgan fingerprint density at radius 2 is 1.74 bits per heavy atom. The van der Waals surface area contributed by atoms with Crippen LogP contribution in [0.4, 0.5) is 18.9 Å². The van der Waals surface area contributed by atoms with Crippen molar-refractivity contribution < 1.29 is 18.0 Å². The zero-order valence-electron chi connectivity index (χ0n) is 17.6. The fourth-order valence-corrected chi connectivity index (χ4v) is 4.11. The third-order valence-corrected chi connectivity index (χ3v) is 5.76. The van der Waals surface area contributed by atoms with Gasteiger partial charge in [0.15, 0.2) is 5.69 Å². The number of carbonyl (C=O) groups is 1. The molecule has 11 heteroatoms. The lowest BCUT2D eigenvalue weighted by molar-refractivity contribution is -0.143. The molecule has 5 rings (SSSR count). The Balaban J connectivity index is 1.43. The summed E-state index contributed by atoms with van der Waals surface area (Å²) in [6.45, 7) is 0. The molecule has 5 aromatic rings. The van der Waals surface area contributed by atoms with Gasteiger partial charge in [-0.25, -0.2) is 9.67 Å². The number of nitrogens with zero attached hydrogens (tertiary/aromatic N) is 3. The Bertz CT molecular complexity index is 1520. The van der Waals surface area contributed by atoms with E-state index in [1.807, 2.05) is 24.3 Å². The van der Waals surface area contributed by atoms with Crippen molar-refractivity contribution in [3.05, 3.63) is 94.2 Å². The van der Waals surface area contributed by atoms with E-state index in [0.29, 0.717) is 16.2 Å². The first kappa shape index (κ1) is 22.9. The lowest BCUT2D eigenvalue weighted by Crippen LogP contribution is -2.20. The van der Waals surface area contributed by atoms with Crippen LogP contribution in [0.2, 0.25) is 10.0 Å². The molecule has 0 unspecified atom stereocenters. The number of rotatable bonds is 4. The molecule has 3 aromatic carbocycles. The standard InChI is InChI=1S/C24H14Cl2F3N5O/c25-14-7-10-20(17(26)11-14)34-21(24(27,28)29)16(12-30-34)23(35)31-15-8-5-13(6-9-15)22-32-18-3-1-2-4-19(18)33-22/h1-12H,(H,31,35)(H,32,33). The van der Waals surface area contributed by atoms with Gasteiger partial charge in [0.05, 0.1) is 33.5 Å². The number of carbonyl (C=O) groups excluding carboxylic acids is 1. The van der Waals surface area contributed by atoms with Crippen molar-refractivity contribution in [3.63, 3.8) is 0 Å². The molecule has 0 bridgehead atoms. The van der Waals surface area contributed by atoms with Crippen molar-refractivity contribution in [1.82, 2.24) is 19.7 Å². The third kappa shape index (κ3) is 4.48. The van der Waals surface area contributed by atoms with Crippen LogP contribution in [0.25, 0.3) is 28.1 Å². The number of alkyl halides is 3. The second kappa shape index (κ2) is 8.75. The van der Waals surface area contributed by atoms with Crippen LogP contribution in [0, 0.1) is 0 Å². The van der Waals surface area contributed by atoms with E-state index >= 15 is 0 Å². The molecular formula is C24H14Cl2F3N5O. The molecule has 0 saturated carbocycles. The minimum atomic E-state index is -4.88. The molecule has 0 aliphatic carbocycles. The molecule has 176 valence electrons. The number of fused-ring (bicyclic) bond motifs is 1. The molecule has 0 atom stereocenters. The summed E-state index contributed by atoms with van der Waals surface area (Å²) in [6, 6.07) is 18.1. The third-order valence-electron chi connectivity index (χ3n) is 5.23.